The molecular formula is C18H14AlCl4O3SY-. The van der Waals surface area contributed by atoms with E-state index in [4.69, 9.17) is 46.5 Å². The zero-order valence-corrected chi connectivity index (χ0v) is 22.8. The summed E-state index contributed by atoms with van der Waals surface area (Å²) in [7, 11) is 14.8. The maximum Gasteiger partial charge on any atom is 0.643 e. The Kier molecular flexibility index (Phi) is 15.4. The molecule has 0 unspecified atom stereocenters. The minimum Gasteiger partial charge on any atom is -0.427 e. The number of aryl methyl sites for hydroxylation is 1. The first-order chi connectivity index (χ1) is 12.7. The Bertz CT molecular complexity index is 885. The second-order valence-electron chi connectivity index (χ2n) is 5.04. The van der Waals surface area contributed by atoms with Crippen LogP contribution < -0.4 is 4.74 Å². The molecular weight excluding hydrogens is 554 g/mol. The summed E-state index contributed by atoms with van der Waals surface area (Å²) in [4.78, 5) is 21.2. The Morgan fingerprint density at radius 2 is 1.64 bits per heavy atom. The quantitative estimate of drug-likeness (QED) is 0.114. The largest absolute Gasteiger partial charge is 0.643 e. The van der Waals surface area contributed by atoms with Gasteiger partial charge in [0, 0.05) is 45.2 Å². The molecule has 28 heavy (non-hydrogen) atoms. The average molecular weight is 568 g/mol. The third-order valence-electron chi connectivity index (χ3n) is 2.90. The number of benzene rings is 2. The van der Waals surface area contributed by atoms with E-state index in [0.29, 0.717) is 11.3 Å². The Balaban J connectivity index is 0.000000433. The summed E-state index contributed by atoms with van der Waals surface area (Å²) >= 11 is 5.17. The fourth-order valence-corrected chi connectivity index (χ4v) is 2.75. The number of rotatable bonds is 2. The van der Waals surface area contributed by atoms with Crippen LogP contribution >= 0.6 is 53.1 Å². The van der Waals surface area contributed by atoms with E-state index in [2.05, 4.69) is 30.5 Å². The third-order valence-corrected chi connectivity index (χ3v) is 3.92. The van der Waals surface area contributed by atoms with Gasteiger partial charge in [-0.3, -0.25) is 20.9 Å². The molecule has 0 aliphatic heterocycles. The number of carbonyl (C=O) groups is 2. The number of thiophene rings is 1. The van der Waals surface area contributed by atoms with E-state index in [1.807, 2.05) is 6.07 Å². The number of ether oxygens (including phenoxy) is 1. The normalized spacial score (nSPS) is 9.07. The molecule has 2 aromatic carbocycles. The van der Waals surface area contributed by atoms with Crippen molar-refractivity contribution < 1.29 is 47.0 Å². The van der Waals surface area contributed by atoms with Crippen molar-refractivity contribution in [3.8, 4) is 5.75 Å². The summed E-state index contributed by atoms with van der Waals surface area (Å²) in [5.74, 6) is -0.000818. The molecule has 0 bridgehead atoms. The summed E-state index contributed by atoms with van der Waals surface area (Å²) < 4.78 is 6.09. The van der Waals surface area contributed by atoms with Gasteiger partial charge in [-0.25, -0.2) is 30.1 Å². The van der Waals surface area contributed by atoms with Crippen LogP contribution in [0.2, 0.25) is 0 Å². The third kappa shape index (κ3) is 12.1. The summed E-state index contributed by atoms with van der Waals surface area (Å²) in [5.41, 5.74) is 1.70. The van der Waals surface area contributed by atoms with Gasteiger partial charge >= 0.3 is 17.4 Å². The molecule has 0 atom stereocenters. The van der Waals surface area contributed by atoms with Crippen molar-refractivity contribution in [1.29, 1.82) is 0 Å². The Labute approximate surface area is 215 Å². The second-order valence-corrected chi connectivity index (χ2v) is 12.7. The number of fused-ring (bicyclic) bond motifs is 1. The van der Waals surface area contributed by atoms with Gasteiger partial charge in [-0.15, -0.1) is 22.2 Å². The molecule has 0 saturated heterocycles. The van der Waals surface area contributed by atoms with E-state index in [1.54, 1.807) is 11.3 Å². The van der Waals surface area contributed by atoms with Crippen molar-refractivity contribution in [2.45, 2.75) is 13.8 Å². The van der Waals surface area contributed by atoms with Gasteiger partial charge in [-0.05, 0) is 42.8 Å². The zero-order chi connectivity index (χ0) is 20.4. The monoisotopic (exact) mass is 566 g/mol. The van der Waals surface area contributed by atoms with E-state index in [9.17, 15) is 9.59 Å². The predicted octanol–water partition coefficient (Wildman–Crippen LogP) is 6.69. The van der Waals surface area contributed by atoms with Gasteiger partial charge in [0.25, 0.3) is 5.24 Å². The zero-order valence-electron chi connectivity index (χ0n) is 14.9. The molecule has 0 N–H and O–H groups in total. The predicted molar refractivity (Wildman–Crippen MR) is 117 cm³/mol. The molecule has 0 fully saturated rings. The van der Waals surface area contributed by atoms with Crippen LogP contribution in [0, 0.1) is 12.3 Å². The van der Waals surface area contributed by atoms with Crippen LogP contribution in [-0.4, -0.2) is 22.6 Å². The molecule has 0 aliphatic rings. The van der Waals surface area contributed by atoms with Gasteiger partial charge in [0.1, 0.15) is 5.75 Å². The van der Waals surface area contributed by atoms with Gasteiger partial charge < -0.3 is 4.74 Å². The van der Waals surface area contributed by atoms with Crippen LogP contribution in [0.4, 0.5) is 0 Å². The average Bonchev–Trinajstić information content (AvgIpc) is 3.02. The number of hydrogen-bond acceptors (Lipinski definition) is 4. The van der Waals surface area contributed by atoms with Gasteiger partial charge in [0.2, 0.25) is 0 Å². The van der Waals surface area contributed by atoms with Gasteiger partial charge in [0.15, 0.2) is 0 Å². The van der Waals surface area contributed by atoms with Crippen LogP contribution in [0.5, 0.6) is 5.75 Å². The fourth-order valence-electron chi connectivity index (χ4n) is 1.83. The Morgan fingerprint density at radius 1 is 1.07 bits per heavy atom. The number of hydrogen-bond donors (Lipinski definition) is 0. The maximum atomic E-state index is 10.6. The minimum atomic E-state index is -1.72. The van der Waals surface area contributed by atoms with E-state index >= 15 is 0 Å². The molecule has 0 saturated carbocycles. The van der Waals surface area contributed by atoms with Crippen molar-refractivity contribution in [3.63, 3.8) is 0 Å². The summed E-state index contributed by atoms with van der Waals surface area (Å²) in [6.07, 6.45) is 0. The smallest absolute Gasteiger partial charge is 0.427 e. The number of halogens is 4. The standard InChI is InChI=1S/C9H7ClO3.C9H7S.Al.3ClH.Y/c1-6(11)13-8-4-2-7(3-5-8)9(10)12;1-7-2-3-8-4-5-10-9(8)6-7;;;;;/h2-5H,1H3;2-4,6H,1H3;;3*1H;/q;-1;+3;;;;/p-3. The molecule has 1 aromatic heterocycles. The van der Waals surface area contributed by atoms with Crippen LogP contribution in [0.15, 0.2) is 48.5 Å². The maximum absolute atomic E-state index is 10.6. The molecule has 1 heterocycles. The fraction of sp³-hybridized carbons (Fsp3) is 0.111. The van der Waals surface area contributed by atoms with Crippen LogP contribution in [-0.2, 0) is 37.5 Å². The molecule has 3 rings (SSSR count). The number of esters is 1. The second kappa shape index (κ2) is 15.2. The first-order valence-corrected chi connectivity index (χ1v) is 13.9. The van der Waals surface area contributed by atoms with Crippen LogP contribution in [0.3, 0.4) is 0 Å². The summed E-state index contributed by atoms with van der Waals surface area (Å²) in [5, 5.41) is 3.88. The van der Waals surface area contributed by atoms with Crippen molar-refractivity contribution in [2.75, 3.05) is 0 Å². The number of carbonyl (C=O) groups excluding carboxylic acids is 2. The summed E-state index contributed by atoms with van der Waals surface area (Å²) in [6.45, 7) is 3.42. The molecule has 10 heteroatoms. The van der Waals surface area contributed by atoms with Crippen LogP contribution in [0.25, 0.3) is 10.1 Å². The van der Waals surface area contributed by atoms with E-state index in [-0.39, 0.29) is 32.7 Å². The molecule has 3 aromatic rings. The topological polar surface area (TPSA) is 43.4 Å². The first-order valence-electron chi connectivity index (χ1n) is 7.46. The molecule has 1 radical (unpaired) electrons. The van der Waals surface area contributed by atoms with Crippen molar-refractivity contribution >= 4 is 85.8 Å². The SMILES string of the molecule is CC(=O)Oc1ccc(C(=O)Cl)cc1.Cc1ccc2c[c-]sc2c1.[Cl][Al]([Cl])[Cl].[Y]. The molecule has 3 nitrogen and oxygen atoms in total. The molecule has 0 amide bonds. The van der Waals surface area contributed by atoms with Crippen molar-refractivity contribution in [1.82, 2.24) is 0 Å². The van der Waals surface area contributed by atoms with Crippen molar-refractivity contribution in [3.05, 3.63) is 65.0 Å². The molecule has 145 valence electrons. The molecule has 0 aliphatic carbocycles. The Morgan fingerprint density at radius 3 is 2.14 bits per heavy atom. The molecule has 0 spiro atoms. The van der Waals surface area contributed by atoms with Crippen molar-refractivity contribution in [2.24, 2.45) is 0 Å². The first kappa shape index (κ1) is 28.3. The van der Waals surface area contributed by atoms with Gasteiger partial charge in [-0.1, -0.05) is 11.6 Å². The van der Waals surface area contributed by atoms with E-state index in [0.717, 1.165) is 0 Å². The minimum absolute atomic E-state index is 0. The Hall–Kier alpha value is 0.336. The van der Waals surface area contributed by atoms with E-state index < -0.39 is 22.6 Å². The summed E-state index contributed by atoms with van der Waals surface area (Å²) in [6, 6.07) is 14.5. The van der Waals surface area contributed by atoms with Gasteiger partial charge in [0.05, 0.1) is 0 Å². The van der Waals surface area contributed by atoms with E-state index in [1.165, 1.54) is 46.8 Å². The van der Waals surface area contributed by atoms with Gasteiger partial charge in [-0.2, -0.15) is 11.5 Å². The van der Waals surface area contributed by atoms with Crippen LogP contribution in [0.1, 0.15) is 22.8 Å².